The van der Waals surface area contributed by atoms with Crippen molar-refractivity contribution in [3.8, 4) is 0 Å². The third-order valence-corrected chi connectivity index (χ3v) is 2.15. The Bertz CT molecular complexity index is 213. The number of carbonyl (C=O) groups is 1. The molecule has 0 fully saturated rings. The van der Waals surface area contributed by atoms with Crippen LogP contribution in [0, 0.1) is 17.2 Å². The first-order valence-corrected chi connectivity index (χ1v) is 4.83. The van der Waals surface area contributed by atoms with Gasteiger partial charge in [-0.3, -0.25) is 5.41 Å². The predicted octanol–water partition coefficient (Wildman–Crippen LogP) is 1.52. The van der Waals surface area contributed by atoms with Crippen molar-refractivity contribution >= 4 is 11.7 Å². The van der Waals surface area contributed by atoms with Gasteiger partial charge in [0.25, 0.3) is 0 Å². The van der Waals surface area contributed by atoms with Gasteiger partial charge < -0.3 is 10.2 Å². The summed E-state index contributed by atoms with van der Waals surface area (Å²) in [4.78, 5) is 10.4. The van der Waals surface area contributed by atoms with Crippen LogP contribution in [0.1, 0.15) is 33.6 Å². The minimum absolute atomic E-state index is 0.128. The maximum absolute atomic E-state index is 10.4. The minimum atomic E-state index is -1.20. The number of hydrogen-bond acceptors (Lipinski definition) is 3. The zero-order chi connectivity index (χ0) is 11.3. The summed E-state index contributed by atoms with van der Waals surface area (Å²) in [5, 5.41) is 25.3. The quantitative estimate of drug-likeness (QED) is 0.570. The highest BCUT2D eigenvalue weighted by molar-refractivity contribution is 6.34. The molecule has 14 heavy (non-hydrogen) atoms. The number of aliphatic carboxylic acids is 1. The minimum Gasteiger partial charge on any atom is -0.477 e. The second-order valence-electron chi connectivity index (χ2n) is 4.16. The topological polar surface area (TPSA) is 81.4 Å². The molecule has 4 nitrogen and oxygen atoms in total. The van der Waals surface area contributed by atoms with Crippen LogP contribution in [0.15, 0.2) is 0 Å². The molecule has 0 aliphatic carbocycles. The van der Waals surface area contributed by atoms with Crippen LogP contribution in [0.3, 0.4) is 0 Å². The molecule has 0 aromatic heterocycles. The van der Waals surface area contributed by atoms with Crippen LogP contribution in [0.5, 0.6) is 0 Å². The monoisotopic (exact) mass is 201 g/mol. The molecule has 0 saturated carbocycles. The first-order chi connectivity index (χ1) is 6.34. The third kappa shape index (κ3) is 4.97. The summed E-state index contributed by atoms with van der Waals surface area (Å²) in [5.74, 6) is -0.985. The fourth-order valence-electron chi connectivity index (χ4n) is 1.26. The van der Waals surface area contributed by atoms with E-state index in [-0.39, 0.29) is 18.1 Å². The smallest absolute Gasteiger partial charge is 0.349 e. The first-order valence-electron chi connectivity index (χ1n) is 4.83. The summed E-state index contributed by atoms with van der Waals surface area (Å²) in [6, 6.07) is 0. The molecule has 4 heteroatoms. The largest absolute Gasteiger partial charge is 0.477 e. The highest BCUT2D eigenvalue weighted by Gasteiger charge is 2.19. The van der Waals surface area contributed by atoms with Crippen molar-refractivity contribution in [1.82, 2.24) is 0 Å². The van der Waals surface area contributed by atoms with E-state index < -0.39 is 12.1 Å². The van der Waals surface area contributed by atoms with Crippen molar-refractivity contribution in [2.45, 2.75) is 39.7 Å². The van der Waals surface area contributed by atoms with Gasteiger partial charge in [0.2, 0.25) is 0 Å². The van der Waals surface area contributed by atoms with Crippen LogP contribution < -0.4 is 0 Å². The average Bonchev–Trinajstić information content (AvgIpc) is 2.02. The Hall–Kier alpha value is -0.900. The van der Waals surface area contributed by atoms with Crippen molar-refractivity contribution < 1.29 is 15.0 Å². The van der Waals surface area contributed by atoms with E-state index in [1.54, 1.807) is 6.92 Å². The van der Waals surface area contributed by atoms with Gasteiger partial charge in [-0.1, -0.05) is 20.8 Å². The molecule has 0 saturated heterocycles. The van der Waals surface area contributed by atoms with Crippen LogP contribution in [-0.2, 0) is 4.79 Å². The van der Waals surface area contributed by atoms with Gasteiger partial charge in [-0.25, -0.2) is 4.79 Å². The van der Waals surface area contributed by atoms with Crippen molar-refractivity contribution in [1.29, 1.82) is 5.41 Å². The normalized spacial score (nSPS) is 15.2. The van der Waals surface area contributed by atoms with Crippen LogP contribution in [0.2, 0.25) is 0 Å². The molecule has 0 aromatic carbocycles. The van der Waals surface area contributed by atoms with Crippen LogP contribution in [0.25, 0.3) is 0 Å². The van der Waals surface area contributed by atoms with E-state index in [2.05, 4.69) is 0 Å². The molecule has 0 aliphatic rings. The lowest BCUT2D eigenvalue weighted by Crippen LogP contribution is -2.25. The fourth-order valence-corrected chi connectivity index (χ4v) is 1.26. The molecule has 1 unspecified atom stereocenters. The Balaban J connectivity index is 4.00. The van der Waals surface area contributed by atoms with Gasteiger partial charge in [0.15, 0.2) is 0 Å². The van der Waals surface area contributed by atoms with Crippen LogP contribution >= 0.6 is 0 Å². The summed E-state index contributed by atoms with van der Waals surface area (Å²) in [7, 11) is 0. The van der Waals surface area contributed by atoms with Gasteiger partial charge in [0, 0.05) is 6.42 Å². The standard InChI is InChI=1S/C10H19NO3/c1-6(2)4-9(12)7(3)5-8(11)10(13)14/h6-7,9,11-12H,4-5H2,1-3H3,(H,13,14)/t7-,9?/m0/s1. The Kier molecular flexibility index (Phi) is 5.38. The van der Waals surface area contributed by atoms with Gasteiger partial charge in [0.1, 0.15) is 5.71 Å². The van der Waals surface area contributed by atoms with Crippen molar-refractivity contribution in [2.24, 2.45) is 11.8 Å². The molecule has 0 bridgehead atoms. The number of hydrogen-bond donors (Lipinski definition) is 3. The summed E-state index contributed by atoms with van der Waals surface area (Å²) in [5.41, 5.74) is -0.333. The second kappa shape index (κ2) is 5.75. The molecule has 0 aliphatic heterocycles. The molecule has 82 valence electrons. The lowest BCUT2D eigenvalue weighted by Gasteiger charge is -2.19. The lowest BCUT2D eigenvalue weighted by atomic mass is 9.92. The van der Waals surface area contributed by atoms with Gasteiger partial charge in [-0.2, -0.15) is 0 Å². The summed E-state index contributed by atoms with van der Waals surface area (Å²) in [6.07, 6.45) is 0.256. The van der Waals surface area contributed by atoms with E-state index in [1.807, 2.05) is 13.8 Å². The number of aliphatic hydroxyl groups excluding tert-OH is 1. The van der Waals surface area contributed by atoms with Crippen molar-refractivity contribution in [2.75, 3.05) is 0 Å². The highest BCUT2D eigenvalue weighted by atomic mass is 16.4. The molecule has 0 rings (SSSR count). The lowest BCUT2D eigenvalue weighted by molar-refractivity contribution is -0.129. The number of carboxylic acids is 1. The Morgan fingerprint density at radius 2 is 1.86 bits per heavy atom. The molecule has 0 amide bonds. The van der Waals surface area contributed by atoms with E-state index in [0.29, 0.717) is 12.3 Å². The highest BCUT2D eigenvalue weighted by Crippen LogP contribution is 2.16. The van der Waals surface area contributed by atoms with E-state index in [4.69, 9.17) is 10.5 Å². The van der Waals surface area contributed by atoms with Crippen molar-refractivity contribution in [3.05, 3.63) is 0 Å². The Morgan fingerprint density at radius 3 is 2.21 bits per heavy atom. The van der Waals surface area contributed by atoms with Gasteiger partial charge in [-0.15, -0.1) is 0 Å². The molecule has 0 aromatic rings. The third-order valence-electron chi connectivity index (χ3n) is 2.15. The molecule has 0 heterocycles. The molecule has 0 radical (unpaired) electrons. The van der Waals surface area contributed by atoms with Gasteiger partial charge in [-0.05, 0) is 18.3 Å². The number of nitrogens with one attached hydrogen (secondary N) is 1. The SMILES string of the molecule is CC(C)CC(O)[C@@H](C)CC(=N)C(=O)O. The van der Waals surface area contributed by atoms with Gasteiger partial charge in [0.05, 0.1) is 6.10 Å². The first kappa shape index (κ1) is 13.1. The fraction of sp³-hybridized carbons (Fsp3) is 0.800. The van der Waals surface area contributed by atoms with Crippen LogP contribution in [0.4, 0.5) is 0 Å². The number of rotatable bonds is 6. The van der Waals surface area contributed by atoms with E-state index in [0.717, 1.165) is 0 Å². The van der Waals surface area contributed by atoms with Gasteiger partial charge >= 0.3 is 5.97 Å². The van der Waals surface area contributed by atoms with E-state index >= 15 is 0 Å². The number of aliphatic hydroxyl groups is 1. The summed E-state index contributed by atoms with van der Waals surface area (Å²) in [6.45, 7) is 5.77. The van der Waals surface area contributed by atoms with Crippen molar-refractivity contribution in [3.63, 3.8) is 0 Å². The summed E-state index contributed by atoms with van der Waals surface area (Å²) < 4.78 is 0. The molecular formula is C10H19NO3. The molecule has 0 spiro atoms. The Labute approximate surface area is 84.5 Å². The molecule has 3 N–H and O–H groups in total. The molecular weight excluding hydrogens is 182 g/mol. The number of carboxylic acid groups (broad SMARTS) is 1. The zero-order valence-electron chi connectivity index (χ0n) is 8.95. The van der Waals surface area contributed by atoms with E-state index in [1.165, 1.54) is 0 Å². The maximum atomic E-state index is 10.4. The average molecular weight is 201 g/mol. The molecule has 2 atom stereocenters. The zero-order valence-corrected chi connectivity index (χ0v) is 8.95. The Morgan fingerprint density at radius 1 is 1.36 bits per heavy atom. The van der Waals surface area contributed by atoms with Crippen LogP contribution in [-0.4, -0.2) is 28.0 Å². The maximum Gasteiger partial charge on any atom is 0.349 e. The predicted molar refractivity (Wildman–Crippen MR) is 54.6 cm³/mol. The second-order valence-corrected chi connectivity index (χ2v) is 4.16. The summed E-state index contributed by atoms with van der Waals surface area (Å²) >= 11 is 0. The van der Waals surface area contributed by atoms with E-state index in [9.17, 15) is 9.90 Å².